The van der Waals surface area contributed by atoms with Crippen LogP contribution in [-0.4, -0.2) is 49.2 Å². The van der Waals surface area contributed by atoms with Crippen molar-refractivity contribution in [1.29, 1.82) is 0 Å². The predicted octanol–water partition coefficient (Wildman–Crippen LogP) is 2.22. The first-order valence-corrected chi connectivity index (χ1v) is 10.2. The Morgan fingerprint density at radius 1 is 1.22 bits per heavy atom. The highest BCUT2D eigenvalue weighted by Crippen LogP contribution is 2.40. The fraction of sp³-hybridized carbons (Fsp3) is 0.667. The highest BCUT2D eigenvalue weighted by atomic mass is 19.1. The van der Waals surface area contributed by atoms with Crippen LogP contribution in [0.4, 0.5) is 4.39 Å². The average molecular weight is 375 g/mol. The van der Waals surface area contributed by atoms with Crippen molar-refractivity contribution < 1.29 is 13.9 Å². The maximum atomic E-state index is 13.9. The molecule has 1 amide bonds. The molecule has 0 spiro atoms. The minimum absolute atomic E-state index is 0.0140. The molecule has 3 unspecified atom stereocenters. The minimum atomic E-state index is -0.471. The third-order valence-corrected chi connectivity index (χ3v) is 6.51. The summed E-state index contributed by atoms with van der Waals surface area (Å²) in [5, 5.41) is 3.36. The first-order valence-electron chi connectivity index (χ1n) is 10.2. The van der Waals surface area contributed by atoms with Crippen molar-refractivity contribution >= 4 is 5.91 Å². The molecule has 2 aliphatic carbocycles. The molecule has 1 aliphatic heterocycles. The van der Waals surface area contributed by atoms with E-state index in [0.29, 0.717) is 43.7 Å². The van der Waals surface area contributed by atoms with E-state index in [1.54, 1.807) is 6.07 Å². The number of halogens is 1. The van der Waals surface area contributed by atoms with E-state index in [4.69, 9.17) is 10.5 Å². The van der Waals surface area contributed by atoms with Crippen LogP contribution in [0, 0.1) is 17.7 Å². The lowest BCUT2D eigenvalue weighted by molar-refractivity contribution is -0.131. The molecule has 5 nitrogen and oxygen atoms in total. The Labute approximate surface area is 160 Å². The Hall–Kier alpha value is -1.50. The van der Waals surface area contributed by atoms with Gasteiger partial charge in [0.25, 0.3) is 0 Å². The van der Waals surface area contributed by atoms with Crippen molar-refractivity contribution in [3.05, 3.63) is 35.6 Å². The maximum absolute atomic E-state index is 13.9. The Morgan fingerprint density at radius 2 is 1.93 bits per heavy atom. The normalized spacial score (nSPS) is 32.7. The second-order valence-corrected chi connectivity index (χ2v) is 8.32. The number of hydrogen-bond acceptors (Lipinski definition) is 4. The number of rotatable bonds is 4. The molecule has 1 aromatic rings. The molecular formula is C21H30FN3O2. The van der Waals surface area contributed by atoms with E-state index >= 15 is 0 Å². The third-order valence-electron chi connectivity index (χ3n) is 6.51. The predicted molar refractivity (Wildman–Crippen MR) is 102 cm³/mol. The molecule has 0 radical (unpaired) electrons. The van der Waals surface area contributed by atoms with Crippen LogP contribution in [0.1, 0.15) is 43.7 Å². The summed E-state index contributed by atoms with van der Waals surface area (Å²) in [4.78, 5) is 15.5. The van der Waals surface area contributed by atoms with Crippen molar-refractivity contribution in [1.82, 2.24) is 10.2 Å². The van der Waals surface area contributed by atoms with Crippen molar-refractivity contribution in [3.63, 3.8) is 0 Å². The van der Waals surface area contributed by atoms with Crippen LogP contribution in [0.5, 0.6) is 0 Å². The SMILES string of the molecule is NC1CC2CCCC(C1)C2NC(=O)C(c1cccc(F)c1)N1CCOCC1. The number of amides is 1. The van der Waals surface area contributed by atoms with Gasteiger partial charge in [-0.2, -0.15) is 0 Å². The molecule has 1 saturated heterocycles. The van der Waals surface area contributed by atoms with Gasteiger partial charge in [-0.25, -0.2) is 4.39 Å². The molecule has 3 fully saturated rings. The number of carbonyl (C=O) groups is 1. The second-order valence-electron chi connectivity index (χ2n) is 8.32. The van der Waals surface area contributed by atoms with Gasteiger partial charge in [0.1, 0.15) is 11.9 Å². The van der Waals surface area contributed by atoms with E-state index in [0.717, 1.165) is 25.7 Å². The van der Waals surface area contributed by atoms with E-state index in [2.05, 4.69) is 10.2 Å². The van der Waals surface area contributed by atoms with E-state index in [9.17, 15) is 9.18 Å². The smallest absolute Gasteiger partial charge is 0.242 e. The van der Waals surface area contributed by atoms with Gasteiger partial charge in [-0.05, 0) is 55.2 Å². The van der Waals surface area contributed by atoms with Crippen LogP contribution >= 0.6 is 0 Å². The number of carbonyl (C=O) groups excluding carboxylic acids is 1. The summed E-state index contributed by atoms with van der Waals surface area (Å²) in [6, 6.07) is 6.41. The van der Waals surface area contributed by atoms with Gasteiger partial charge < -0.3 is 15.8 Å². The average Bonchev–Trinajstić information content (AvgIpc) is 2.64. The number of ether oxygens (including phenoxy) is 1. The quantitative estimate of drug-likeness (QED) is 0.847. The number of nitrogens with one attached hydrogen (secondary N) is 1. The van der Waals surface area contributed by atoms with Crippen molar-refractivity contribution in [2.45, 2.75) is 50.2 Å². The first-order chi connectivity index (χ1) is 13.1. The molecule has 3 aliphatic rings. The Morgan fingerprint density at radius 3 is 2.59 bits per heavy atom. The summed E-state index contributed by atoms with van der Waals surface area (Å²) in [5.41, 5.74) is 6.94. The van der Waals surface area contributed by atoms with Gasteiger partial charge >= 0.3 is 0 Å². The zero-order valence-electron chi connectivity index (χ0n) is 15.8. The molecule has 4 rings (SSSR count). The van der Waals surface area contributed by atoms with Crippen molar-refractivity contribution in [3.8, 4) is 0 Å². The van der Waals surface area contributed by atoms with Crippen LogP contribution in [0.15, 0.2) is 24.3 Å². The molecule has 1 heterocycles. The number of nitrogens with zero attached hydrogens (tertiary/aromatic N) is 1. The molecule has 1 aromatic carbocycles. The van der Waals surface area contributed by atoms with E-state index < -0.39 is 6.04 Å². The molecule has 3 atom stereocenters. The van der Waals surface area contributed by atoms with Crippen LogP contribution in [0.3, 0.4) is 0 Å². The van der Waals surface area contributed by atoms with Gasteiger partial charge in [-0.3, -0.25) is 9.69 Å². The summed E-state index contributed by atoms with van der Waals surface area (Å²) >= 11 is 0. The van der Waals surface area contributed by atoms with Gasteiger partial charge in [-0.15, -0.1) is 0 Å². The summed E-state index contributed by atoms with van der Waals surface area (Å²) in [6.45, 7) is 2.55. The maximum Gasteiger partial charge on any atom is 0.242 e. The Kier molecular flexibility index (Phi) is 5.76. The standard InChI is InChI=1S/C21H30FN3O2/c22-17-6-2-5-16(11-17)20(25-7-9-27-10-8-25)21(26)24-19-14-3-1-4-15(19)13-18(23)12-14/h2,5-6,11,14-15,18-20H,1,3-4,7-10,12-13,23H2,(H,24,26). The van der Waals surface area contributed by atoms with Crippen LogP contribution in [-0.2, 0) is 9.53 Å². The molecule has 6 heteroatoms. The number of fused-ring (bicyclic) bond motifs is 2. The lowest BCUT2D eigenvalue weighted by Gasteiger charge is -2.46. The number of nitrogens with two attached hydrogens (primary N) is 1. The van der Waals surface area contributed by atoms with Crippen LogP contribution < -0.4 is 11.1 Å². The monoisotopic (exact) mass is 375 g/mol. The van der Waals surface area contributed by atoms with Gasteiger partial charge in [0.05, 0.1) is 13.2 Å². The minimum Gasteiger partial charge on any atom is -0.379 e. The fourth-order valence-corrected chi connectivity index (χ4v) is 5.31. The summed E-state index contributed by atoms with van der Waals surface area (Å²) in [5.74, 6) is 0.613. The molecule has 2 bridgehead atoms. The zero-order chi connectivity index (χ0) is 18.8. The molecule has 0 aromatic heterocycles. The highest BCUT2D eigenvalue weighted by Gasteiger charge is 2.41. The summed E-state index contributed by atoms with van der Waals surface area (Å²) in [7, 11) is 0. The largest absolute Gasteiger partial charge is 0.379 e. The lowest BCUT2D eigenvalue weighted by atomic mass is 9.67. The molecule has 27 heavy (non-hydrogen) atoms. The van der Waals surface area contributed by atoms with Gasteiger partial charge in [-0.1, -0.05) is 18.6 Å². The zero-order valence-corrected chi connectivity index (χ0v) is 15.8. The number of benzene rings is 1. The Bertz CT molecular complexity index is 651. The van der Waals surface area contributed by atoms with Gasteiger partial charge in [0.15, 0.2) is 0 Å². The summed E-state index contributed by atoms with van der Waals surface area (Å²) in [6.07, 6.45) is 5.48. The van der Waals surface area contributed by atoms with E-state index in [1.807, 2.05) is 6.07 Å². The van der Waals surface area contributed by atoms with Gasteiger partial charge in [0, 0.05) is 25.2 Å². The van der Waals surface area contributed by atoms with Crippen molar-refractivity contribution in [2.24, 2.45) is 17.6 Å². The highest BCUT2D eigenvalue weighted by molar-refractivity contribution is 5.83. The third kappa shape index (κ3) is 4.18. The molecular weight excluding hydrogens is 345 g/mol. The topological polar surface area (TPSA) is 67.6 Å². The van der Waals surface area contributed by atoms with Crippen molar-refractivity contribution in [2.75, 3.05) is 26.3 Å². The molecule has 3 N–H and O–H groups in total. The van der Waals surface area contributed by atoms with Gasteiger partial charge in [0.2, 0.25) is 5.91 Å². The number of morpholine rings is 1. The number of hydrogen-bond donors (Lipinski definition) is 2. The molecule has 2 saturated carbocycles. The molecule has 148 valence electrons. The lowest BCUT2D eigenvalue weighted by Crippen LogP contribution is -2.56. The first kappa shape index (κ1) is 18.8. The van der Waals surface area contributed by atoms with E-state index in [-0.39, 0.29) is 23.8 Å². The second kappa shape index (κ2) is 8.25. The van der Waals surface area contributed by atoms with Crippen LogP contribution in [0.25, 0.3) is 0 Å². The fourth-order valence-electron chi connectivity index (χ4n) is 5.31. The summed E-state index contributed by atoms with van der Waals surface area (Å²) < 4.78 is 19.3. The van der Waals surface area contributed by atoms with E-state index in [1.165, 1.54) is 18.6 Å². The van der Waals surface area contributed by atoms with Crippen LogP contribution in [0.2, 0.25) is 0 Å². The Balaban J connectivity index is 1.55.